The molecule has 1 aliphatic rings. The van der Waals surface area contributed by atoms with Crippen LogP contribution < -0.4 is 10.2 Å². The number of imide groups is 2. The molecule has 0 atom stereocenters. The average Bonchev–Trinajstić information content (AvgIpc) is 2.55. The minimum atomic E-state index is -0.805. The van der Waals surface area contributed by atoms with Crippen molar-refractivity contribution in [1.29, 1.82) is 0 Å². The lowest BCUT2D eigenvalue weighted by atomic mass is 10.1. The molecule has 2 aromatic carbocycles. The van der Waals surface area contributed by atoms with Gasteiger partial charge in [-0.15, -0.1) is 0 Å². The fourth-order valence-electron chi connectivity index (χ4n) is 2.21. The van der Waals surface area contributed by atoms with E-state index < -0.39 is 17.8 Å². The van der Waals surface area contributed by atoms with Gasteiger partial charge in [0.05, 0.1) is 5.69 Å². The number of nitrogens with zero attached hydrogens (tertiary/aromatic N) is 1. The molecule has 1 saturated heterocycles. The Kier molecular flexibility index (Phi) is 4.38. The molecular weight excluding hydrogens is 351 g/mol. The summed E-state index contributed by atoms with van der Waals surface area (Å²) in [5, 5.41) is 3.16. The minimum absolute atomic E-state index is 0.146. The molecule has 1 aliphatic heterocycles. The zero-order valence-corrected chi connectivity index (χ0v) is 13.6. The third-order valence-electron chi connectivity index (χ3n) is 3.37. The zero-order chi connectivity index (χ0) is 17.3. The summed E-state index contributed by atoms with van der Waals surface area (Å²) in [6.07, 6.45) is 1.41. The van der Waals surface area contributed by atoms with Crippen LogP contribution in [0.5, 0.6) is 0 Å². The zero-order valence-electron chi connectivity index (χ0n) is 12.1. The van der Waals surface area contributed by atoms with E-state index in [9.17, 15) is 14.4 Å². The Hall–Kier alpha value is -2.63. The van der Waals surface area contributed by atoms with E-state index in [1.165, 1.54) is 18.2 Å². The Balaban J connectivity index is 1.99. The number of barbiturate groups is 1. The maximum atomic E-state index is 12.6. The monoisotopic (exact) mass is 360 g/mol. The number of amides is 4. The Bertz CT molecular complexity index is 858. The summed E-state index contributed by atoms with van der Waals surface area (Å²) in [7, 11) is 0. The van der Waals surface area contributed by atoms with E-state index in [4.69, 9.17) is 23.2 Å². The van der Waals surface area contributed by atoms with Crippen molar-refractivity contribution in [2.75, 3.05) is 4.90 Å². The van der Waals surface area contributed by atoms with Gasteiger partial charge >= 0.3 is 6.03 Å². The summed E-state index contributed by atoms with van der Waals surface area (Å²) in [6, 6.07) is 12.0. The summed E-state index contributed by atoms with van der Waals surface area (Å²) < 4.78 is 0. The molecule has 0 unspecified atom stereocenters. The van der Waals surface area contributed by atoms with Gasteiger partial charge in [-0.25, -0.2) is 9.69 Å². The highest BCUT2D eigenvalue weighted by Crippen LogP contribution is 2.23. The third kappa shape index (κ3) is 3.18. The lowest BCUT2D eigenvalue weighted by Gasteiger charge is -2.26. The van der Waals surface area contributed by atoms with E-state index in [0.29, 0.717) is 21.3 Å². The van der Waals surface area contributed by atoms with Gasteiger partial charge in [0.2, 0.25) is 0 Å². The van der Waals surface area contributed by atoms with Crippen LogP contribution >= 0.6 is 23.2 Å². The number of carbonyl (C=O) groups excluding carboxylic acids is 3. The molecule has 5 nitrogen and oxygen atoms in total. The predicted octanol–water partition coefficient (Wildman–Crippen LogP) is 3.66. The number of hydrogen-bond acceptors (Lipinski definition) is 3. The molecule has 7 heteroatoms. The number of benzene rings is 2. The molecule has 0 spiro atoms. The van der Waals surface area contributed by atoms with Gasteiger partial charge < -0.3 is 0 Å². The fourth-order valence-corrected chi connectivity index (χ4v) is 2.46. The first-order valence-electron chi connectivity index (χ1n) is 6.88. The molecule has 1 N–H and O–H groups in total. The van der Waals surface area contributed by atoms with Crippen molar-refractivity contribution in [3.8, 4) is 0 Å². The first kappa shape index (κ1) is 16.2. The maximum absolute atomic E-state index is 12.6. The first-order valence-corrected chi connectivity index (χ1v) is 7.64. The van der Waals surface area contributed by atoms with Crippen molar-refractivity contribution in [1.82, 2.24) is 5.32 Å². The lowest BCUT2D eigenvalue weighted by molar-refractivity contribution is -0.122. The summed E-state index contributed by atoms with van der Waals surface area (Å²) in [4.78, 5) is 37.6. The Labute approximate surface area is 147 Å². The summed E-state index contributed by atoms with van der Waals surface area (Å²) >= 11 is 11.6. The van der Waals surface area contributed by atoms with Crippen molar-refractivity contribution in [2.24, 2.45) is 0 Å². The van der Waals surface area contributed by atoms with Crippen molar-refractivity contribution >= 4 is 52.8 Å². The molecule has 1 fully saturated rings. The van der Waals surface area contributed by atoms with Crippen LogP contribution in [-0.4, -0.2) is 17.8 Å². The number of urea groups is 1. The number of carbonyl (C=O) groups is 3. The standard InChI is InChI=1S/C17H10Cl2N2O3/c18-11-3-1-10(2-4-11)9-14-15(22)20-17(24)21(16(14)23)13-7-5-12(19)6-8-13/h1-9H,(H,20,22,24)/b14-9+. The quantitative estimate of drug-likeness (QED) is 0.656. The highest BCUT2D eigenvalue weighted by Gasteiger charge is 2.36. The smallest absolute Gasteiger partial charge is 0.273 e. The number of rotatable bonds is 2. The lowest BCUT2D eigenvalue weighted by Crippen LogP contribution is -2.54. The Morgan fingerprint density at radius 2 is 1.38 bits per heavy atom. The third-order valence-corrected chi connectivity index (χ3v) is 3.87. The Morgan fingerprint density at radius 3 is 1.96 bits per heavy atom. The molecule has 0 aromatic heterocycles. The van der Waals surface area contributed by atoms with Gasteiger partial charge in [0.25, 0.3) is 11.8 Å². The predicted molar refractivity (Wildman–Crippen MR) is 91.9 cm³/mol. The van der Waals surface area contributed by atoms with Gasteiger partial charge in [0.15, 0.2) is 0 Å². The van der Waals surface area contributed by atoms with E-state index in [0.717, 1.165) is 4.90 Å². The topological polar surface area (TPSA) is 66.5 Å². The molecule has 0 radical (unpaired) electrons. The van der Waals surface area contributed by atoms with Gasteiger partial charge in [-0.3, -0.25) is 14.9 Å². The second-order valence-corrected chi connectivity index (χ2v) is 5.86. The van der Waals surface area contributed by atoms with Crippen molar-refractivity contribution < 1.29 is 14.4 Å². The van der Waals surface area contributed by atoms with Crippen LogP contribution in [0, 0.1) is 0 Å². The second kappa shape index (κ2) is 6.47. The summed E-state index contributed by atoms with van der Waals surface area (Å²) in [5.74, 6) is -1.45. The molecule has 1 heterocycles. The van der Waals surface area contributed by atoms with Gasteiger partial charge in [-0.1, -0.05) is 35.3 Å². The second-order valence-electron chi connectivity index (χ2n) is 4.99. The van der Waals surface area contributed by atoms with Crippen LogP contribution in [0.25, 0.3) is 6.08 Å². The molecule has 120 valence electrons. The van der Waals surface area contributed by atoms with Crippen LogP contribution in [0.15, 0.2) is 54.1 Å². The molecule has 2 aromatic rings. The van der Waals surface area contributed by atoms with E-state index >= 15 is 0 Å². The van der Waals surface area contributed by atoms with Gasteiger partial charge in [-0.05, 0) is 48.0 Å². The van der Waals surface area contributed by atoms with Crippen LogP contribution in [-0.2, 0) is 9.59 Å². The highest BCUT2D eigenvalue weighted by atomic mass is 35.5. The number of halogens is 2. The summed E-state index contributed by atoms with van der Waals surface area (Å²) in [6.45, 7) is 0. The van der Waals surface area contributed by atoms with Crippen molar-refractivity contribution in [3.05, 3.63) is 69.7 Å². The van der Waals surface area contributed by atoms with Crippen molar-refractivity contribution in [3.63, 3.8) is 0 Å². The number of nitrogens with one attached hydrogen (secondary N) is 1. The molecule has 4 amide bonds. The largest absolute Gasteiger partial charge is 0.335 e. The van der Waals surface area contributed by atoms with Crippen molar-refractivity contribution in [2.45, 2.75) is 0 Å². The van der Waals surface area contributed by atoms with Gasteiger partial charge in [0, 0.05) is 10.0 Å². The van der Waals surface area contributed by atoms with Crippen LogP contribution in [0.4, 0.5) is 10.5 Å². The number of anilines is 1. The number of hydrogen-bond donors (Lipinski definition) is 1. The van der Waals surface area contributed by atoms with Gasteiger partial charge in [-0.2, -0.15) is 0 Å². The molecular formula is C17H10Cl2N2O3. The first-order chi connectivity index (χ1) is 11.5. The summed E-state index contributed by atoms with van der Waals surface area (Å²) in [5.41, 5.74) is 0.784. The molecule has 3 rings (SSSR count). The highest BCUT2D eigenvalue weighted by molar-refractivity contribution is 6.39. The van der Waals surface area contributed by atoms with Gasteiger partial charge in [0.1, 0.15) is 5.57 Å². The van der Waals surface area contributed by atoms with E-state index in [2.05, 4.69) is 5.32 Å². The normalized spacial score (nSPS) is 16.5. The van der Waals surface area contributed by atoms with Crippen LogP contribution in [0.2, 0.25) is 10.0 Å². The molecule has 0 aliphatic carbocycles. The Morgan fingerprint density at radius 1 is 0.833 bits per heavy atom. The SMILES string of the molecule is O=C1NC(=O)N(c2ccc(Cl)cc2)C(=O)/C1=C/c1ccc(Cl)cc1. The van der Waals surface area contributed by atoms with E-state index in [1.54, 1.807) is 36.4 Å². The van der Waals surface area contributed by atoms with E-state index in [-0.39, 0.29) is 5.57 Å². The van der Waals surface area contributed by atoms with E-state index in [1.807, 2.05) is 0 Å². The van der Waals surface area contributed by atoms with Crippen LogP contribution in [0.3, 0.4) is 0 Å². The van der Waals surface area contributed by atoms with Crippen LogP contribution in [0.1, 0.15) is 5.56 Å². The maximum Gasteiger partial charge on any atom is 0.335 e. The fraction of sp³-hybridized carbons (Fsp3) is 0. The molecule has 24 heavy (non-hydrogen) atoms. The molecule has 0 saturated carbocycles. The molecule has 0 bridgehead atoms. The average molecular weight is 361 g/mol. The minimum Gasteiger partial charge on any atom is -0.273 e.